The first kappa shape index (κ1) is 25.5. The van der Waals surface area contributed by atoms with Gasteiger partial charge < -0.3 is 0 Å². The Kier molecular flexibility index (Phi) is 6.31. The predicted octanol–water partition coefficient (Wildman–Crippen LogP) is 8.09. The standard InChI is InChI=1S/C37H23N7/c1-2-10-24(11-3-1)35-25-18-20-33(31-16-8-14-29(40-31)27-12-4-6-22-38-27)42-36(25)44-37-26(35)19-21-34(43-37)32-17-9-15-30(41-32)28-13-5-7-23-39-28/h1-23H. The zero-order valence-corrected chi connectivity index (χ0v) is 23.4. The van der Waals surface area contributed by atoms with Crippen LogP contribution in [0.25, 0.3) is 78.7 Å². The van der Waals surface area contributed by atoms with Gasteiger partial charge in [-0.2, -0.15) is 0 Å². The first-order valence-electron chi connectivity index (χ1n) is 14.2. The van der Waals surface area contributed by atoms with Gasteiger partial charge in [-0.25, -0.2) is 24.9 Å². The van der Waals surface area contributed by atoms with Crippen LogP contribution in [-0.2, 0) is 0 Å². The van der Waals surface area contributed by atoms with Gasteiger partial charge in [0.1, 0.15) is 0 Å². The Bertz CT molecular complexity index is 2130. The first-order chi connectivity index (χ1) is 21.8. The van der Waals surface area contributed by atoms with Crippen molar-refractivity contribution in [2.45, 2.75) is 0 Å². The molecule has 7 heterocycles. The van der Waals surface area contributed by atoms with Crippen molar-refractivity contribution in [1.82, 2.24) is 34.9 Å². The van der Waals surface area contributed by atoms with Gasteiger partial charge in [0.2, 0.25) is 0 Å². The Balaban J connectivity index is 1.29. The first-order valence-corrected chi connectivity index (χ1v) is 14.2. The van der Waals surface area contributed by atoms with E-state index in [2.05, 4.69) is 34.2 Å². The van der Waals surface area contributed by atoms with Crippen molar-refractivity contribution < 1.29 is 0 Å². The molecule has 0 fully saturated rings. The van der Waals surface area contributed by atoms with Crippen molar-refractivity contribution in [3.05, 3.63) is 140 Å². The molecule has 0 unspecified atom stereocenters. The summed E-state index contributed by atoms with van der Waals surface area (Å²) in [4.78, 5) is 33.7. The summed E-state index contributed by atoms with van der Waals surface area (Å²) >= 11 is 0. The minimum atomic E-state index is 0.596. The third-order valence-electron chi connectivity index (χ3n) is 7.44. The van der Waals surface area contributed by atoms with Crippen LogP contribution >= 0.6 is 0 Å². The molecular formula is C37H23N7. The van der Waals surface area contributed by atoms with E-state index in [1.807, 2.05) is 103 Å². The van der Waals surface area contributed by atoms with Crippen molar-refractivity contribution in [2.24, 2.45) is 0 Å². The second-order valence-corrected chi connectivity index (χ2v) is 10.2. The highest BCUT2D eigenvalue weighted by atomic mass is 14.9. The summed E-state index contributed by atoms with van der Waals surface area (Å²) in [6, 6.07) is 41.8. The number of fused-ring (bicyclic) bond motifs is 2. The monoisotopic (exact) mass is 565 g/mol. The molecule has 0 atom stereocenters. The van der Waals surface area contributed by atoms with Crippen molar-refractivity contribution in [2.75, 3.05) is 0 Å². The van der Waals surface area contributed by atoms with Crippen molar-refractivity contribution in [3.63, 3.8) is 0 Å². The molecule has 0 aliphatic rings. The van der Waals surface area contributed by atoms with Crippen LogP contribution in [0.1, 0.15) is 0 Å². The van der Waals surface area contributed by atoms with Gasteiger partial charge in [0.05, 0.1) is 45.6 Å². The lowest BCUT2D eigenvalue weighted by molar-refractivity contribution is 1.21. The van der Waals surface area contributed by atoms with Gasteiger partial charge in [-0.1, -0.05) is 54.6 Å². The van der Waals surface area contributed by atoms with E-state index in [9.17, 15) is 0 Å². The number of pyridine rings is 7. The Morgan fingerprint density at radius 1 is 0.295 bits per heavy atom. The third kappa shape index (κ3) is 4.72. The van der Waals surface area contributed by atoms with Crippen molar-refractivity contribution in [1.29, 1.82) is 0 Å². The number of rotatable bonds is 5. The average molecular weight is 566 g/mol. The Labute approximate surface area is 253 Å². The summed E-state index contributed by atoms with van der Waals surface area (Å²) in [5.41, 5.74) is 9.42. The zero-order valence-electron chi connectivity index (χ0n) is 23.4. The highest BCUT2D eigenvalue weighted by molar-refractivity contribution is 6.08. The number of benzene rings is 1. The summed E-state index contributed by atoms with van der Waals surface area (Å²) < 4.78 is 0. The molecule has 0 aliphatic heterocycles. The molecule has 0 saturated heterocycles. The van der Waals surface area contributed by atoms with E-state index >= 15 is 0 Å². The van der Waals surface area contributed by atoms with Gasteiger partial charge in [-0.05, 0) is 78.4 Å². The molecule has 0 amide bonds. The smallest absolute Gasteiger partial charge is 0.162 e. The fourth-order valence-corrected chi connectivity index (χ4v) is 5.37. The second kappa shape index (κ2) is 10.9. The molecule has 0 saturated carbocycles. The van der Waals surface area contributed by atoms with Crippen LogP contribution in [0.2, 0.25) is 0 Å². The number of aromatic nitrogens is 7. The van der Waals surface area contributed by atoms with Crippen LogP contribution in [0.15, 0.2) is 140 Å². The molecule has 0 N–H and O–H groups in total. The lowest BCUT2D eigenvalue weighted by atomic mass is 9.98. The molecule has 206 valence electrons. The Hall–Kier alpha value is -6.21. The Morgan fingerprint density at radius 2 is 0.727 bits per heavy atom. The molecule has 44 heavy (non-hydrogen) atoms. The van der Waals surface area contributed by atoms with Crippen molar-refractivity contribution >= 4 is 22.1 Å². The van der Waals surface area contributed by atoms with E-state index in [0.717, 1.165) is 67.5 Å². The lowest BCUT2D eigenvalue weighted by Gasteiger charge is -2.12. The van der Waals surface area contributed by atoms with Crippen LogP contribution in [0.4, 0.5) is 0 Å². The van der Waals surface area contributed by atoms with Gasteiger partial charge in [-0.3, -0.25) is 9.97 Å². The van der Waals surface area contributed by atoms with E-state index in [1.165, 1.54) is 0 Å². The van der Waals surface area contributed by atoms with E-state index in [4.69, 9.17) is 24.9 Å². The van der Waals surface area contributed by atoms with Crippen LogP contribution in [0.3, 0.4) is 0 Å². The molecule has 8 aromatic rings. The number of hydrogen-bond donors (Lipinski definition) is 0. The fraction of sp³-hybridized carbons (Fsp3) is 0. The zero-order chi connectivity index (χ0) is 29.3. The molecule has 7 aromatic heterocycles. The highest BCUT2D eigenvalue weighted by Crippen LogP contribution is 2.35. The molecule has 7 nitrogen and oxygen atoms in total. The molecule has 7 heteroatoms. The summed E-state index contributed by atoms with van der Waals surface area (Å²) in [6.07, 6.45) is 3.54. The summed E-state index contributed by atoms with van der Waals surface area (Å²) in [7, 11) is 0. The number of hydrogen-bond acceptors (Lipinski definition) is 7. The largest absolute Gasteiger partial charge is 0.255 e. The van der Waals surface area contributed by atoms with E-state index in [1.54, 1.807) is 12.4 Å². The SMILES string of the molecule is c1ccc(-c2c3ccc(-c4cccc(-c5ccccn5)n4)nc3nc3nc(-c4cccc(-c5ccccn5)n4)ccc23)cc1. The van der Waals surface area contributed by atoms with Gasteiger partial charge >= 0.3 is 0 Å². The third-order valence-corrected chi connectivity index (χ3v) is 7.44. The van der Waals surface area contributed by atoms with E-state index in [-0.39, 0.29) is 0 Å². The minimum Gasteiger partial charge on any atom is -0.255 e. The molecule has 0 bridgehead atoms. The average Bonchev–Trinajstić information content (AvgIpc) is 3.11. The summed E-state index contributed by atoms with van der Waals surface area (Å²) in [6.45, 7) is 0. The van der Waals surface area contributed by atoms with Gasteiger partial charge in [0.25, 0.3) is 0 Å². The summed E-state index contributed by atoms with van der Waals surface area (Å²) in [5, 5.41) is 1.89. The summed E-state index contributed by atoms with van der Waals surface area (Å²) in [5.74, 6) is 0. The topological polar surface area (TPSA) is 90.2 Å². The van der Waals surface area contributed by atoms with Crippen LogP contribution in [0.5, 0.6) is 0 Å². The Morgan fingerprint density at radius 3 is 1.20 bits per heavy atom. The molecule has 0 radical (unpaired) electrons. The molecule has 0 spiro atoms. The highest BCUT2D eigenvalue weighted by Gasteiger charge is 2.16. The molecule has 1 aromatic carbocycles. The quantitative estimate of drug-likeness (QED) is 0.195. The molecule has 8 rings (SSSR count). The minimum absolute atomic E-state index is 0.596. The fourth-order valence-electron chi connectivity index (χ4n) is 5.37. The lowest BCUT2D eigenvalue weighted by Crippen LogP contribution is -1.98. The maximum absolute atomic E-state index is 5.01. The maximum Gasteiger partial charge on any atom is 0.162 e. The predicted molar refractivity (Wildman–Crippen MR) is 173 cm³/mol. The maximum atomic E-state index is 5.01. The number of nitrogens with zero attached hydrogens (tertiary/aromatic N) is 7. The van der Waals surface area contributed by atoms with Crippen LogP contribution in [0, 0.1) is 0 Å². The van der Waals surface area contributed by atoms with Gasteiger partial charge in [0.15, 0.2) is 11.3 Å². The van der Waals surface area contributed by atoms with Crippen molar-refractivity contribution in [3.8, 4) is 56.7 Å². The van der Waals surface area contributed by atoms with Gasteiger partial charge in [0, 0.05) is 28.7 Å². The second-order valence-electron chi connectivity index (χ2n) is 10.2. The normalized spacial score (nSPS) is 11.2. The van der Waals surface area contributed by atoms with E-state index in [0.29, 0.717) is 11.3 Å². The van der Waals surface area contributed by atoms with Crippen LogP contribution in [-0.4, -0.2) is 34.9 Å². The van der Waals surface area contributed by atoms with E-state index < -0.39 is 0 Å². The molecule has 0 aliphatic carbocycles. The molecular weight excluding hydrogens is 542 g/mol. The van der Waals surface area contributed by atoms with Gasteiger partial charge in [-0.15, -0.1) is 0 Å². The van der Waals surface area contributed by atoms with Crippen LogP contribution < -0.4 is 0 Å².